The van der Waals surface area contributed by atoms with Crippen LogP contribution >= 0.6 is 11.3 Å². The molecule has 0 radical (unpaired) electrons. The molecule has 5 N–H and O–H groups in total. The van der Waals surface area contributed by atoms with Crippen LogP contribution in [0.25, 0.3) is 0 Å². The zero-order chi connectivity index (χ0) is 14.0. The van der Waals surface area contributed by atoms with Crippen molar-refractivity contribution in [1.82, 2.24) is 9.97 Å². The summed E-state index contributed by atoms with van der Waals surface area (Å²) < 4.78 is 0. The zero-order valence-corrected chi connectivity index (χ0v) is 11.5. The predicted octanol–water partition coefficient (Wildman–Crippen LogP) is 1.48. The molecule has 0 bridgehead atoms. The van der Waals surface area contributed by atoms with Crippen LogP contribution in [0.1, 0.15) is 21.8 Å². The van der Waals surface area contributed by atoms with Crippen LogP contribution in [0.3, 0.4) is 0 Å². The van der Waals surface area contributed by atoms with Crippen LogP contribution < -0.4 is 11.5 Å². The van der Waals surface area contributed by atoms with Gasteiger partial charge in [-0.05, 0) is 26.0 Å². The van der Waals surface area contributed by atoms with Crippen LogP contribution in [-0.2, 0) is 0 Å². The number of pyridine rings is 1. The highest BCUT2D eigenvalue weighted by Gasteiger charge is 2.11. The fraction of sp³-hybridized carbons (Fsp3) is 0.167. The van der Waals surface area contributed by atoms with Gasteiger partial charge in [0, 0.05) is 16.6 Å². The van der Waals surface area contributed by atoms with E-state index in [0.717, 1.165) is 10.6 Å². The van der Waals surface area contributed by atoms with Crippen LogP contribution in [0.5, 0.6) is 0 Å². The average molecular weight is 274 g/mol. The van der Waals surface area contributed by atoms with Crippen LogP contribution in [0.15, 0.2) is 23.3 Å². The number of thiazole rings is 1. The van der Waals surface area contributed by atoms with E-state index in [-0.39, 0.29) is 11.7 Å². The summed E-state index contributed by atoms with van der Waals surface area (Å²) in [7, 11) is 0. The molecule has 0 saturated carbocycles. The third-order valence-corrected chi connectivity index (χ3v) is 3.54. The Kier molecular flexibility index (Phi) is 3.57. The van der Waals surface area contributed by atoms with Crippen molar-refractivity contribution >= 4 is 28.1 Å². The molecule has 0 atom stereocenters. The summed E-state index contributed by atoms with van der Waals surface area (Å²) in [5.74, 6) is 0.118. The first kappa shape index (κ1) is 13.2. The molecule has 0 saturated heterocycles. The largest absolute Gasteiger partial charge is 0.383 e. The van der Waals surface area contributed by atoms with Gasteiger partial charge in [-0.1, -0.05) is 11.3 Å². The molecule has 0 spiro atoms. The number of nitrogens with zero attached hydrogens (tertiary/aromatic N) is 3. The zero-order valence-electron chi connectivity index (χ0n) is 10.6. The third kappa shape index (κ3) is 2.76. The molecule has 0 aromatic carbocycles. The van der Waals surface area contributed by atoms with Gasteiger partial charge in [0.15, 0.2) is 0 Å². The van der Waals surface area contributed by atoms with E-state index in [1.54, 1.807) is 18.3 Å². The van der Waals surface area contributed by atoms with Crippen molar-refractivity contribution in [2.45, 2.75) is 13.8 Å². The number of nitrogens with one attached hydrogen (secondary N) is 1. The Morgan fingerprint density at radius 1 is 1.37 bits per heavy atom. The Morgan fingerprint density at radius 3 is 2.68 bits per heavy atom. The van der Waals surface area contributed by atoms with Gasteiger partial charge in [-0.2, -0.15) is 0 Å². The summed E-state index contributed by atoms with van der Waals surface area (Å²) in [4.78, 5) is 13.7. The van der Waals surface area contributed by atoms with E-state index in [4.69, 9.17) is 16.9 Å². The first-order chi connectivity index (χ1) is 8.99. The first-order valence-electron chi connectivity index (χ1n) is 5.57. The number of aromatic nitrogens is 2. The fourth-order valence-electron chi connectivity index (χ4n) is 1.49. The lowest BCUT2D eigenvalue weighted by Crippen LogP contribution is -2.22. The Labute approximate surface area is 114 Å². The summed E-state index contributed by atoms with van der Waals surface area (Å²) in [5, 5.41) is 8.07. The van der Waals surface area contributed by atoms with E-state index in [0.29, 0.717) is 16.4 Å². The highest BCUT2D eigenvalue weighted by molar-refractivity contribution is 7.15. The second kappa shape index (κ2) is 5.15. The van der Waals surface area contributed by atoms with Crippen LogP contribution in [-0.4, -0.2) is 21.6 Å². The Hall–Kier alpha value is -2.28. The number of hydrogen-bond donors (Lipinski definition) is 3. The SMILES string of the molecule is Cc1nc(/N=C(\N)c2cccnc2C(=N)N)sc1C. The molecule has 2 rings (SSSR count). The molecule has 0 unspecified atom stereocenters. The number of nitrogen functional groups attached to an aromatic ring is 1. The van der Waals surface area contributed by atoms with Crippen molar-refractivity contribution < 1.29 is 0 Å². The van der Waals surface area contributed by atoms with Gasteiger partial charge in [0.05, 0.1) is 5.69 Å². The van der Waals surface area contributed by atoms with Crippen LogP contribution in [0, 0.1) is 19.3 Å². The van der Waals surface area contributed by atoms with Gasteiger partial charge >= 0.3 is 0 Å². The molecule has 7 heteroatoms. The van der Waals surface area contributed by atoms with E-state index >= 15 is 0 Å². The van der Waals surface area contributed by atoms with Crippen LogP contribution in [0.4, 0.5) is 5.13 Å². The van der Waals surface area contributed by atoms with Gasteiger partial charge < -0.3 is 11.5 Å². The summed E-state index contributed by atoms with van der Waals surface area (Å²) in [5.41, 5.74) is 13.2. The molecule has 2 aromatic heterocycles. The van der Waals surface area contributed by atoms with Gasteiger partial charge in [-0.25, -0.2) is 9.98 Å². The molecule has 98 valence electrons. The molecular formula is C12H14N6S. The number of hydrogen-bond acceptors (Lipinski definition) is 5. The quantitative estimate of drug-likeness (QED) is 0.581. The van der Waals surface area contributed by atoms with E-state index in [2.05, 4.69) is 15.0 Å². The Balaban J connectivity index is 2.44. The van der Waals surface area contributed by atoms with Crippen molar-refractivity contribution in [1.29, 1.82) is 5.41 Å². The minimum Gasteiger partial charge on any atom is -0.383 e. The Bertz CT molecular complexity index is 638. The van der Waals surface area contributed by atoms with E-state index in [9.17, 15) is 0 Å². The van der Waals surface area contributed by atoms with Gasteiger partial charge in [-0.3, -0.25) is 10.4 Å². The van der Waals surface area contributed by atoms with Crippen molar-refractivity contribution in [3.63, 3.8) is 0 Å². The second-order valence-electron chi connectivity index (χ2n) is 3.95. The minimum atomic E-state index is -0.139. The Morgan fingerprint density at radius 2 is 2.11 bits per heavy atom. The van der Waals surface area contributed by atoms with Gasteiger partial charge in [0.2, 0.25) is 5.13 Å². The van der Waals surface area contributed by atoms with E-state index in [1.807, 2.05) is 13.8 Å². The molecule has 19 heavy (non-hydrogen) atoms. The summed E-state index contributed by atoms with van der Waals surface area (Å²) in [6.45, 7) is 3.90. The van der Waals surface area contributed by atoms with Crippen molar-refractivity contribution in [2.75, 3.05) is 0 Å². The number of aryl methyl sites for hydroxylation is 2. The number of nitrogens with two attached hydrogens (primary N) is 2. The maximum absolute atomic E-state index is 7.48. The van der Waals surface area contributed by atoms with Gasteiger partial charge in [0.25, 0.3) is 0 Å². The predicted molar refractivity (Wildman–Crippen MR) is 77.2 cm³/mol. The first-order valence-corrected chi connectivity index (χ1v) is 6.38. The molecular weight excluding hydrogens is 260 g/mol. The van der Waals surface area contributed by atoms with Gasteiger partial charge in [-0.15, -0.1) is 0 Å². The monoisotopic (exact) mass is 274 g/mol. The maximum Gasteiger partial charge on any atom is 0.211 e. The highest BCUT2D eigenvalue weighted by atomic mass is 32.1. The lowest BCUT2D eigenvalue weighted by molar-refractivity contribution is 1.20. The third-order valence-electron chi connectivity index (χ3n) is 2.57. The number of rotatable bonds is 3. The topological polar surface area (TPSA) is 114 Å². The van der Waals surface area contributed by atoms with Crippen molar-refractivity contribution in [3.05, 3.63) is 40.2 Å². The summed E-state index contributed by atoms with van der Waals surface area (Å²) in [6, 6.07) is 3.46. The summed E-state index contributed by atoms with van der Waals surface area (Å²) >= 11 is 1.47. The number of aliphatic imine (C=N–C) groups is 1. The van der Waals surface area contributed by atoms with E-state index < -0.39 is 0 Å². The fourth-order valence-corrected chi connectivity index (χ4v) is 2.29. The minimum absolute atomic E-state index is 0.139. The van der Waals surface area contributed by atoms with Gasteiger partial charge in [0.1, 0.15) is 17.4 Å². The lowest BCUT2D eigenvalue weighted by Gasteiger charge is -2.05. The lowest BCUT2D eigenvalue weighted by atomic mass is 10.1. The average Bonchev–Trinajstić information content (AvgIpc) is 2.68. The summed E-state index contributed by atoms with van der Waals surface area (Å²) in [6.07, 6.45) is 1.56. The van der Waals surface area contributed by atoms with Crippen molar-refractivity contribution in [2.24, 2.45) is 16.5 Å². The molecule has 6 nitrogen and oxygen atoms in total. The maximum atomic E-state index is 7.48. The molecule has 2 heterocycles. The molecule has 0 aliphatic heterocycles. The molecule has 0 fully saturated rings. The number of amidine groups is 2. The molecule has 0 aliphatic rings. The smallest absolute Gasteiger partial charge is 0.211 e. The highest BCUT2D eigenvalue weighted by Crippen LogP contribution is 2.24. The molecule has 0 aliphatic carbocycles. The van der Waals surface area contributed by atoms with Crippen LogP contribution in [0.2, 0.25) is 0 Å². The second-order valence-corrected chi connectivity index (χ2v) is 5.13. The standard InChI is InChI=1S/C12H14N6S/c1-6-7(2)19-12(17-6)18-11(15)8-4-3-5-16-9(8)10(13)14/h3-5H,1-2H3,(H3,13,14)(H2,15,17,18). The molecule has 0 amide bonds. The van der Waals surface area contributed by atoms with E-state index in [1.165, 1.54) is 11.3 Å². The van der Waals surface area contributed by atoms with Crippen molar-refractivity contribution in [3.8, 4) is 0 Å². The normalized spacial score (nSPS) is 11.6. The molecule has 2 aromatic rings.